The maximum absolute atomic E-state index is 13.1. The van der Waals surface area contributed by atoms with E-state index in [9.17, 15) is 12.8 Å². The van der Waals surface area contributed by atoms with Gasteiger partial charge in [0.25, 0.3) is 11.8 Å². The van der Waals surface area contributed by atoms with E-state index in [1.54, 1.807) is 0 Å². The smallest absolute Gasteiger partial charge is 0.271 e. The van der Waals surface area contributed by atoms with Crippen molar-refractivity contribution in [1.29, 1.82) is 0 Å². The van der Waals surface area contributed by atoms with E-state index in [0.717, 1.165) is 34.1 Å². The average molecular weight is 421 g/mol. The van der Waals surface area contributed by atoms with Gasteiger partial charge in [0.15, 0.2) is 6.54 Å². The SMILES string of the molecule is Cc1cc(-c2nnc(C[NH+]3CCN(S(=O)(=O)c4ccc(F)cc4)CC3)o2)c(C)o1. The first-order valence-electron chi connectivity index (χ1n) is 9.32. The fraction of sp³-hybridized carbons (Fsp3) is 0.368. The van der Waals surface area contributed by atoms with Gasteiger partial charge in [-0.2, -0.15) is 4.31 Å². The molecule has 4 rings (SSSR count). The van der Waals surface area contributed by atoms with Gasteiger partial charge in [-0.15, -0.1) is 10.2 Å². The Kier molecular flexibility index (Phi) is 5.24. The zero-order valence-corrected chi connectivity index (χ0v) is 17.0. The van der Waals surface area contributed by atoms with Crippen LogP contribution in [0.4, 0.5) is 4.39 Å². The number of nitrogens with zero attached hydrogens (tertiary/aromatic N) is 3. The first-order chi connectivity index (χ1) is 13.8. The summed E-state index contributed by atoms with van der Waals surface area (Å²) in [6, 6.07) is 6.76. The Morgan fingerprint density at radius 2 is 1.79 bits per heavy atom. The van der Waals surface area contributed by atoms with Gasteiger partial charge in [0, 0.05) is 0 Å². The van der Waals surface area contributed by atoms with Gasteiger partial charge < -0.3 is 13.7 Å². The maximum Gasteiger partial charge on any atom is 0.271 e. The summed E-state index contributed by atoms with van der Waals surface area (Å²) < 4.78 is 51.2. The minimum Gasteiger partial charge on any atom is -0.466 e. The van der Waals surface area contributed by atoms with Gasteiger partial charge in [-0.3, -0.25) is 0 Å². The van der Waals surface area contributed by atoms with Gasteiger partial charge in [-0.05, 0) is 44.2 Å². The summed E-state index contributed by atoms with van der Waals surface area (Å²) in [5.41, 5.74) is 0.784. The number of benzene rings is 1. The van der Waals surface area contributed by atoms with Crippen LogP contribution in [0.2, 0.25) is 0 Å². The number of rotatable bonds is 5. The lowest BCUT2D eigenvalue weighted by molar-refractivity contribution is -0.918. The number of quaternary nitrogens is 1. The highest BCUT2D eigenvalue weighted by Gasteiger charge is 2.31. The van der Waals surface area contributed by atoms with Crippen molar-refractivity contribution >= 4 is 10.0 Å². The number of piperazine rings is 1. The zero-order chi connectivity index (χ0) is 20.6. The van der Waals surface area contributed by atoms with Gasteiger partial charge >= 0.3 is 0 Å². The molecule has 3 heterocycles. The quantitative estimate of drug-likeness (QED) is 0.665. The lowest BCUT2D eigenvalue weighted by Gasteiger charge is -2.30. The highest BCUT2D eigenvalue weighted by atomic mass is 32.2. The molecule has 10 heteroatoms. The van der Waals surface area contributed by atoms with E-state index in [1.165, 1.54) is 16.4 Å². The van der Waals surface area contributed by atoms with E-state index in [4.69, 9.17) is 8.83 Å². The molecule has 0 bridgehead atoms. The van der Waals surface area contributed by atoms with Crippen LogP contribution in [0.1, 0.15) is 17.4 Å². The first kappa shape index (κ1) is 19.7. The molecule has 0 atom stereocenters. The molecule has 1 aliphatic rings. The Balaban J connectivity index is 1.38. The molecule has 0 amide bonds. The summed E-state index contributed by atoms with van der Waals surface area (Å²) in [6.45, 7) is 6.19. The topological polar surface area (TPSA) is 93.9 Å². The number of aromatic nitrogens is 2. The number of halogens is 1. The summed E-state index contributed by atoms with van der Waals surface area (Å²) in [4.78, 5) is 1.26. The third-order valence-electron chi connectivity index (χ3n) is 5.02. The van der Waals surface area contributed by atoms with E-state index in [2.05, 4.69) is 10.2 Å². The van der Waals surface area contributed by atoms with Crippen molar-refractivity contribution in [1.82, 2.24) is 14.5 Å². The van der Waals surface area contributed by atoms with Crippen LogP contribution in [0.5, 0.6) is 0 Å². The normalized spacial score (nSPS) is 16.4. The second-order valence-corrected chi connectivity index (χ2v) is 9.05. The number of sulfonamides is 1. The molecule has 0 radical (unpaired) electrons. The minimum absolute atomic E-state index is 0.106. The number of nitrogens with one attached hydrogen (secondary N) is 1. The maximum atomic E-state index is 13.1. The van der Waals surface area contributed by atoms with Crippen molar-refractivity contribution in [2.75, 3.05) is 26.2 Å². The monoisotopic (exact) mass is 421 g/mol. The Hall–Kier alpha value is -2.56. The molecule has 2 aromatic heterocycles. The molecule has 1 aromatic carbocycles. The van der Waals surface area contributed by atoms with Crippen LogP contribution in [0.3, 0.4) is 0 Å². The number of hydrogen-bond acceptors (Lipinski definition) is 6. The molecule has 1 fully saturated rings. The van der Waals surface area contributed by atoms with Crippen molar-refractivity contribution in [2.45, 2.75) is 25.3 Å². The summed E-state index contributed by atoms with van der Waals surface area (Å²) in [5, 5.41) is 8.21. The molecule has 0 saturated carbocycles. The molecule has 1 aliphatic heterocycles. The lowest BCUT2D eigenvalue weighted by Crippen LogP contribution is -3.13. The van der Waals surface area contributed by atoms with Gasteiger partial charge in [0.05, 0.1) is 36.6 Å². The molecule has 154 valence electrons. The number of aryl methyl sites for hydroxylation is 2. The fourth-order valence-corrected chi connectivity index (χ4v) is 4.91. The highest BCUT2D eigenvalue weighted by molar-refractivity contribution is 7.89. The van der Waals surface area contributed by atoms with E-state index >= 15 is 0 Å². The van der Waals surface area contributed by atoms with E-state index in [-0.39, 0.29) is 4.90 Å². The third-order valence-corrected chi connectivity index (χ3v) is 6.93. The zero-order valence-electron chi connectivity index (χ0n) is 16.2. The van der Waals surface area contributed by atoms with Crippen LogP contribution in [0.25, 0.3) is 11.5 Å². The predicted molar refractivity (Wildman–Crippen MR) is 101 cm³/mol. The highest BCUT2D eigenvalue weighted by Crippen LogP contribution is 2.25. The average Bonchev–Trinajstić information content (AvgIpc) is 3.28. The van der Waals surface area contributed by atoms with Crippen LogP contribution >= 0.6 is 0 Å². The predicted octanol–water partition coefficient (Wildman–Crippen LogP) is 1.17. The Bertz CT molecular complexity index is 1100. The van der Waals surface area contributed by atoms with E-state index in [0.29, 0.717) is 44.5 Å². The molecule has 1 N–H and O–H groups in total. The van der Waals surface area contributed by atoms with Crippen LogP contribution in [0, 0.1) is 19.7 Å². The lowest BCUT2D eigenvalue weighted by atomic mass is 10.2. The Morgan fingerprint density at radius 1 is 1.10 bits per heavy atom. The van der Waals surface area contributed by atoms with E-state index < -0.39 is 15.8 Å². The summed E-state index contributed by atoms with van der Waals surface area (Å²) in [6.07, 6.45) is 0. The largest absolute Gasteiger partial charge is 0.466 e. The summed E-state index contributed by atoms with van der Waals surface area (Å²) in [7, 11) is -3.62. The van der Waals surface area contributed by atoms with Crippen molar-refractivity contribution in [3.63, 3.8) is 0 Å². The molecule has 3 aromatic rings. The summed E-state index contributed by atoms with van der Waals surface area (Å²) in [5.74, 6) is 1.97. The van der Waals surface area contributed by atoms with Crippen molar-refractivity contribution < 1.29 is 26.5 Å². The molecular weight excluding hydrogens is 399 g/mol. The molecule has 0 aliphatic carbocycles. The second-order valence-electron chi connectivity index (χ2n) is 7.11. The standard InChI is InChI=1S/C19H21FN4O4S/c1-13-11-17(14(2)27-13)19-22-21-18(28-19)12-23-7-9-24(10-8-23)29(25,26)16-5-3-15(20)4-6-16/h3-6,11H,7-10,12H2,1-2H3/p+1. The number of furan rings is 1. The summed E-state index contributed by atoms with van der Waals surface area (Å²) >= 11 is 0. The second kappa shape index (κ2) is 7.69. The molecule has 29 heavy (non-hydrogen) atoms. The molecule has 1 saturated heterocycles. The number of hydrogen-bond donors (Lipinski definition) is 1. The van der Waals surface area contributed by atoms with Gasteiger partial charge in [0.2, 0.25) is 10.0 Å². The molecular formula is C19H22FN4O4S+. The van der Waals surface area contributed by atoms with Crippen molar-refractivity contribution in [3.05, 3.63) is 53.6 Å². The van der Waals surface area contributed by atoms with Gasteiger partial charge in [-0.1, -0.05) is 0 Å². The Labute approximate surface area is 168 Å². The third kappa shape index (κ3) is 4.09. The van der Waals surface area contributed by atoms with Crippen molar-refractivity contribution in [2.24, 2.45) is 0 Å². The first-order valence-corrected chi connectivity index (χ1v) is 10.8. The van der Waals surface area contributed by atoms with Crippen LogP contribution in [-0.2, 0) is 16.6 Å². The van der Waals surface area contributed by atoms with Crippen LogP contribution < -0.4 is 4.90 Å². The minimum atomic E-state index is -3.62. The van der Waals surface area contributed by atoms with E-state index in [1.807, 2.05) is 19.9 Å². The van der Waals surface area contributed by atoms with Crippen molar-refractivity contribution in [3.8, 4) is 11.5 Å². The van der Waals surface area contributed by atoms with Gasteiger partial charge in [-0.25, -0.2) is 12.8 Å². The fourth-order valence-electron chi connectivity index (χ4n) is 3.47. The van der Waals surface area contributed by atoms with Gasteiger partial charge in [0.1, 0.15) is 17.3 Å². The van der Waals surface area contributed by atoms with Crippen LogP contribution in [-0.4, -0.2) is 49.1 Å². The Morgan fingerprint density at radius 3 is 2.41 bits per heavy atom. The molecule has 8 nitrogen and oxygen atoms in total. The molecule has 0 unspecified atom stereocenters. The molecule has 0 spiro atoms. The van der Waals surface area contributed by atoms with Crippen LogP contribution in [0.15, 0.2) is 44.1 Å².